The average Bonchev–Trinajstić information content (AvgIpc) is 2.97. The van der Waals surface area contributed by atoms with Crippen LogP contribution in [-0.2, 0) is 16.6 Å². The Balaban J connectivity index is 2.24. The number of nitrogens with zero attached hydrogens (tertiary/aromatic N) is 1. The summed E-state index contributed by atoms with van der Waals surface area (Å²) < 4.78 is 31.8. The first-order valence-electron chi connectivity index (χ1n) is 6.34. The molecule has 0 aliphatic carbocycles. The molecule has 1 aromatic rings. The topological polar surface area (TPSA) is 62.6 Å². The molecule has 1 aliphatic rings. The molecule has 6 heteroatoms. The fraction of sp³-hybridized carbons (Fsp3) is 0.667. The highest BCUT2D eigenvalue weighted by Crippen LogP contribution is 2.28. The maximum Gasteiger partial charge on any atom is 0.276 e. The molecule has 1 aromatic heterocycles. The lowest BCUT2D eigenvalue weighted by molar-refractivity contribution is 0.348. The number of hydrogen-bond acceptors (Lipinski definition) is 4. The highest BCUT2D eigenvalue weighted by atomic mass is 32.2. The van der Waals surface area contributed by atoms with E-state index in [1.54, 1.807) is 23.5 Å². The molecule has 2 heterocycles. The van der Waals surface area contributed by atoms with E-state index >= 15 is 0 Å². The highest BCUT2D eigenvalue weighted by molar-refractivity contribution is 7.89. The summed E-state index contributed by atoms with van der Waals surface area (Å²) in [6.07, 6.45) is 2.73. The van der Waals surface area contributed by atoms with E-state index in [0.717, 1.165) is 19.3 Å². The van der Waals surface area contributed by atoms with Crippen LogP contribution in [0.25, 0.3) is 0 Å². The minimum Gasteiger partial charge on any atom is -0.447 e. The fourth-order valence-electron chi connectivity index (χ4n) is 2.42. The monoisotopic (exact) mass is 272 g/mol. The molecule has 1 atom stereocenters. The summed E-state index contributed by atoms with van der Waals surface area (Å²) >= 11 is 0. The summed E-state index contributed by atoms with van der Waals surface area (Å²) in [6, 6.07) is 3.38. The van der Waals surface area contributed by atoms with Crippen LogP contribution in [-0.4, -0.2) is 32.4 Å². The van der Waals surface area contributed by atoms with Crippen molar-refractivity contribution in [2.24, 2.45) is 0 Å². The van der Waals surface area contributed by atoms with Crippen LogP contribution in [0.3, 0.4) is 0 Å². The molecule has 0 bridgehead atoms. The van der Waals surface area contributed by atoms with Crippen LogP contribution in [0.1, 0.15) is 31.9 Å². The van der Waals surface area contributed by atoms with Gasteiger partial charge in [0.1, 0.15) is 5.76 Å². The van der Waals surface area contributed by atoms with Crippen molar-refractivity contribution in [3.05, 3.63) is 17.9 Å². The van der Waals surface area contributed by atoms with Crippen LogP contribution >= 0.6 is 0 Å². The van der Waals surface area contributed by atoms with Crippen LogP contribution in [0.2, 0.25) is 0 Å². The molecule has 1 aliphatic heterocycles. The Morgan fingerprint density at radius 1 is 1.50 bits per heavy atom. The zero-order chi connectivity index (χ0) is 13.2. The lowest BCUT2D eigenvalue weighted by Gasteiger charge is -2.21. The Hall–Kier alpha value is -0.850. The first-order valence-corrected chi connectivity index (χ1v) is 7.78. The molecule has 1 N–H and O–H groups in total. The maximum absolute atomic E-state index is 12.4. The van der Waals surface area contributed by atoms with Crippen LogP contribution in [0.4, 0.5) is 0 Å². The van der Waals surface area contributed by atoms with Crippen molar-refractivity contribution < 1.29 is 12.8 Å². The predicted octanol–water partition coefficient (Wildman–Crippen LogP) is 1.56. The van der Waals surface area contributed by atoms with Crippen molar-refractivity contribution in [3.63, 3.8) is 0 Å². The third kappa shape index (κ3) is 2.46. The SMILES string of the molecule is CCC1CCCN1S(=O)(=O)c1ccc(CNC)o1. The zero-order valence-corrected chi connectivity index (χ0v) is 11.7. The van der Waals surface area contributed by atoms with Gasteiger partial charge in [-0.15, -0.1) is 0 Å². The molecule has 0 amide bonds. The largest absolute Gasteiger partial charge is 0.447 e. The van der Waals surface area contributed by atoms with E-state index in [1.165, 1.54) is 0 Å². The van der Waals surface area contributed by atoms with Gasteiger partial charge in [0.2, 0.25) is 5.09 Å². The first-order chi connectivity index (χ1) is 8.59. The van der Waals surface area contributed by atoms with Gasteiger partial charge in [-0.1, -0.05) is 6.92 Å². The molecule has 0 aromatic carbocycles. The van der Waals surface area contributed by atoms with Gasteiger partial charge in [-0.05, 0) is 38.4 Å². The molecule has 102 valence electrons. The molecule has 18 heavy (non-hydrogen) atoms. The number of nitrogens with one attached hydrogen (secondary N) is 1. The van der Waals surface area contributed by atoms with Gasteiger partial charge in [0, 0.05) is 12.6 Å². The lowest BCUT2D eigenvalue weighted by Crippen LogP contribution is -2.34. The summed E-state index contributed by atoms with van der Waals surface area (Å²) in [7, 11) is -1.66. The maximum atomic E-state index is 12.4. The Kier molecular flexibility index (Phi) is 4.09. The minimum absolute atomic E-state index is 0.0631. The van der Waals surface area contributed by atoms with Gasteiger partial charge >= 0.3 is 0 Å². The van der Waals surface area contributed by atoms with Crippen molar-refractivity contribution >= 4 is 10.0 Å². The van der Waals surface area contributed by atoms with E-state index in [-0.39, 0.29) is 11.1 Å². The van der Waals surface area contributed by atoms with Gasteiger partial charge in [-0.3, -0.25) is 0 Å². The number of rotatable bonds is 5. The number of hydrogen-bond donors (Lipinski definition) is 1. The normalized spacial score (nSPS) is 21.6. The summed E-state index contributed by atoms with van der Waals surface area (Å²) in [4.78, 5) is 0. The van der Waals surface area contributed by atoms with Gasteiger partial charge in [0.25, 0.3) is 10.0 Å². The zero-order valence-electron chi connectivity index (χ0n) is 10.8. The predicted molar refractivity (Wildman–Crippen MR) is 68.7 cm³/mol. The van der Waals surface area contributed by atoms with Crippen LogP contribution in [0, 0.1) is 0 Å². The Bertz CT molecular complexity index is 495. The molecule has 2 rings (SSSR count). The van der Waals surface area contributed by atoms with Crippen molar-refractivity contribution in [2.75, 3.05) is 13.6 Å². The second-order valence-corrected chi connectivity index (χ2v) is 6.39. The van der Waals surface area contributed by atoms with E-state index in [0.29, 0.717) is 18.8 Å². The van der Waals surface area contributed by atoms with Crippen molar-refractivity contribution in [1.29, 1.82) is 0 Å². The molecule has 1 saturated heterocycles. The fourth-order valence-corrected chi connectivity index (χ4v) is 4.12. The standard InChI is InChI=1S/C12H20N2O3S/c1-3-10-5-4-8-14(10)18(15,16)12-7-6-11(17-12)9-13-2/h6-7,10,13H,3-5,8-9H2,1-2H3. The van der Waals surface area contributed by atoms with Crippen molar-refractivity contribution in [3.8, 4) is 0 Å². The van der Waals surface area contributed by atoms with E-state index in [9.17, 15) is 8.42 Å². The number of furan rings is 1. The minimum atomic E-state index is -3.46. The Morgan fingerprint density at radius 2 is 2.28 bits per heavy atom. The number of sulfonamides is 1. The van der Waals surface area contributed by atoms with E-state index in [2.05, 4.69) is 5.32 Å². The molecule has 1 fully saturated rings. The molecule has 1 unspecified atom stereocenters. The first kappa shape index (κ1) is 13.6. The van der Waals surface area contributed by atoms with Gasteiger partial charge in [0.05, 0.1) is 6.54 Å². The molecule has 0 radical (unpaired) electrons. The summed E-state index contributed by atoms with van der Waals surface area (Å²) in [5, 5.41) is 3.00. The quantitative estimate of drug-likeness (QED) is 0.883. The Labute approximate surface area is 108 Å². The summed E-state index contributed by atoms with van der Waals surface area (Å²) in [6.45, 7) is 3.16. The van der Waals surface area contributed by atoms with Crippen LogP contribution in [0.5, 0.6) is 0 Å². The summed E-state index contributed by atoms with van der Waals surface area (Å²) in [5.41, 5.74) is 0. The Morgan fingerprint density at radius 3 is 2.94 bits per heavy atom. The van der Waals surface area contributed by atoms with E-state index < -0.39 is 10.0 Å². The van der Waals surface area contributed by atoms with Crippen molar-refractivity contribution in [1.82, 2.24) is 9.62 Å². The second-order valence-electron chi connectivity index (χ2n) is 4.57. The third-order valence-corrected chi connectivity index (χ3v) is 5.17. The lowest BCUT2D eigenvalue weighted by atomic mass is 10.2. The van der Waals surface area contributed by atoms with Crippen LogP contribution < -0.4 is 5.32 Å². The third-order valence-electron chi connectivity index (χ3n) is 3.35. The van der Waals surface area contributed by atoms with Crippen molar-refractivity contribution in [2.45, 2.75) is 43.9 Å². The second kappa shape index (κ2) is 5.42. The molecule has 0 spiro atoms. The van der Waals surface area contributed by atoms with Gasteiger partial charge in [-0.2, -0.15) is 4.31 Å². The highest BCUT2D eigenvalue weighted by Gasteiger charge is 2.36. The summed E-state index contributed by atoms with van der Waals surface area (Å²) in [5.74, 6) is 0.642. The molecular formula is C12H20N2O3S. The van der Waals surface area contributed by atoms with Gasteiger partial charge < -0.3 is 9.73 Å². The molecular weight excluding hydrogens is 252 g/mol. The molecule has 5 nitrogen and oxygen atoms in total. The van der Waals surface area contributed by atoms with Crippen LogP contribution in [0.15, 0.2) is 21.6 Å². The average molecular weight is 272 g/mol. The van der Waals surface area contributed by atoms with Gasteiger partial charge in [0.15, 0.2) is 0 Å². The smallest absolute Gasteiger partial charge is 0.276 e. The van der Waals surface area contributed by atoms with E-state index in [1.807, 2.05) is 6.92 Å². The molecule has 0 saturated carbocycles. The van der Waals surface area contributed by atoms with Gasteiger partial charge in [-0.25, -0.2) is 8.42 Å². The van der Waals surface area contributed by atoms with E-state index in [4.69, 9.17) is 4.42 Å².